The van der Waals surface area contributed by atoms with Gasteiger partial charge in [0.25, 0.3) is 0 Å². The van der Waals surface area contributed by atoms with Crippen LogP contribution < -0.4 is 11.3 Å². The van der Waals surface area contributed by atoms with Crippen LogP contribution in [-0.4, -0.2) is 31.6 Å². The zero-order valence-electron chi connectivity index (χ0n) is 8.56. The van der Waals surface area contributed by atoms with Crippen LogP contribution in [0.3, 0.4) is 0 Å². The molecule has 0 aromatic heterocycles. The molecule has 0 aliphatic rings. The first-order valence-corrected chi connectivity index (χ1v) is 4.57. The number of terminal acetylenes is 1. The van der Waals surface area contributed by atoms with E-state index in [9.17, 15) is 17.6 Å². The SMILES string of the molecule is C#CCCC(COCC(F)(F)C(F)F)NN. The van der Waals surface area contributed by atoms with E-state index in [2.05, 4.69) is 16.1 Å². The third kappa shape index (κ3) is 5.90. The second-order valence-corrected chi connectivity index (χ2v) is 3.18. The fourth-order valence-corrected chi connectivity index (χ4v) is 0.873. The van der Waals surface area contributed by atoms with Crippen molar-refractivity contribution in [2.24, 2.45) is 5.84 Å². The summed E-state index contributed by atoms with van der Waals surface area (Å²) in [4.78, 5) is 0. The largest absolute Gasteiger partial charge is 0.373 e. The highest BCUT2D eigenvalue weighted by Crippen LogP contribution is 2.22. The maximum Gasteiger partial charge on any atom is 0.330 e. The zero-order chi connectivity index (χ0) is 12.6. The molecule has 1 unspecified atom stereocenters. The van der Waals surface area contributed by atoms with Crippen molar-refractivity contribution in [1.29, 1.82) is 0 Å². The summed E-state index contributed by atoms with van der Waals surface area (Å²) in [7, 11) is 0. The average Bonchev–Trinajstić information content (AvgIpc) is 2.22. The lowest BCUT2D eigenvalue weighted by Crippen LogP contribution is -2.40. The number of hydrogen-bond acceptors (Lipinski definition) is 3. The van der Waals surface area contributed by atoms with Gasteiger partial charge in [0.1, 0.15) is 6.61 Å². The van der Waals surface area contributed by atoms with Crippen LogP contribution in [0.25, 0.3) is 0 Å². The van der Waals surface area contributed by atoms with Crippen molar-refractivity contribution < 1.29 is 22.3 Å². The Bertz CT molecular complexity index is 230. The summed E-state index contributed by atoms with van der Waals surface area (Å²) in [5.41, 5.74) is 2.30. The summed E-state index contributed by atoms with van der Waals surface area (Å²) in [6.07, 6.45) is 2.07. The molecule has 0 saturated heterocycles. The van der Waals surface area contributed by atoms with E-state index in [1.807, 2.05) is 0 Å². The van der Waals surface area contributed by atoms with Gasteiger partial charge >= 0.3 is 12.3 Å². The van der Waals surface area contributed by atoms with E-state index < -0.39 is 25.0 Å². The van der Waals surface area contributed by atoms with Gasteiger partial charge in [-0.15, -0.1) is 12.3 Å². The lowest BCUT2D eigenvalue weighted by molar-refractivity contribution is -0.167. The number of halogens is 4. The minimum atomic E-state index is -4.13. The van der Waals surface area contributed by atoms with Crippen LogP contribution in [0, 0.1) is 12.3 Å². The third-order valence-electron chi connectivity index (χ3n) is 1.81. The molecule has 1 atom stereocenters. The lowest BCUT2D eigenvalue weighted by Gasteiger charge is -2.18. The second-order valence-electron chi connectivity index (χ2n) is 3.18. The molecule has 0 radical (unpaired) electrons. The molecule has 0 aromatic rings. The van der Waals surface area contributed by atoms with Crippen LogP contribution in [0.2, 0.25) is 0 Å². The Labute approximate surface area is 91.3 Å². The molecule has 94 valence electrons. The number of hydrogen-bond donors (Lipinski definition) is 2. The van der Waals surface area contributed by atoms with E-state index in [-0.39, 0.29) is 6.61 Å². The van der Waals surface area contributed by atoms with Crippen LogP contribution in [0.5, 0.6) is 0 Å². The van der Waals surface area contributed by atoms with Gasteiger partial charge in [-0.25, -0.2) is 8.78 Å². The zero-order valence-corrected chi connectivity index (χ0v) is 8.56. The maximum atomic E-state index is 12.4. The monoisotopic (exact) mass is 242 g/mol. The summed E-state index contributed by atoms with van der Waals surface area (Å²) in [5, 5.41) is 0. The van der Waals surface area contributed by atoms with E-state index in [0.29, 0.717) is 12.8 Å². The van der Waals surface area contributed by atoms with E-state index >= 15 is 0 Å². The summed E-state index contributed by atoms with van der Waals surface area (Å²) in [6, 6.07) is -0.426. The number of rotatable bonds is 8. The first-order chi connectivity index (χ1) is 7.44. The molecule has 0 aromatic carbocycles. The molecule has 0 fully saturated rings. The van der Waals surface area contributed by atoms with E-state index in [0.717, 1.165) is 0 Å². The minimum absolute atomic E-state index is 0.194. The van der Waals surface area contributed by atoms with Gasteiger partial charge in [-0.3, -0.25) is 11.3 Å². The number of hydrazine groups is 1. The van der Waals surface area contributed by atoms with Crippen molar-refractivity contribution in [3.8, 4) is 12.3 Å². The minimum Gasteiger partial charge on any atom is -0.373 e. The Balaban J connectivity index is 3.82. The lowest BCUT2D eigenvalue weighted by atomic mass is 10.2. The molecule has 0 bridgehead atoms. The molecule has 0 amide bonds. The number of nitrogens with one attached hydrogen (secondary N) is 1. The second kappa shape index (κ2) is 7.44. The first kappa shape index (κ1) is 15.2. The van der Waals surface area contributed by atoms with Crippen molar-refractivity contribution in [2.45, 2.75) is 31.2 Å². The molecule has 16 heavy (non-hydrogen) atoms. The maximum absolute atomic E-state index is 12.4. The van der Waals surface area contributed by atoms with Gasteiger partial charge in [0.05, 0.1) is 6.61 Å². The van der Waals surface area contributed by atoms with Gasteiger partial charge in [-0.05, 0) is 6.42 Å². The Kier molecular flexibility index (Phi) is 7.05. The van der Waals surface area contributed by atoms with Gasteiger partial charge in [0.15, 0.2) is 0 Å². The Morgan fingerprint density at radius 1 is 1.44 bits per heavy atom. The molecule has 0 aliphatic carbocycles. The summed E-state index contributed by atoms with van der Waals surface area (Å²) in [5.74, 6) is 3.29. The number of nitrogens with two attached hydrogens (primary N) is 1. The summed E-state index contributed by atoms with van der Waals surface area (Å²) in [6.45, 7) is -1.53. The van der Waals surface area contributed by atoms with Gasteiger partial charge in [0, 0.05) is 12.5 Å². The molecule has 3 nitrogen and oxygen atoms in total. The number of alkyl halides is 4. The van der Waals surface area contributed by atoms with Crippen LogP contribution in [0.1, 0.15) is 12.8 Å². The van der Waals surface area contributed by atoms with Crippen molar-refractivity contribution in [1.82, 2.24) is 5.43 Å². The average molecular weight is 242 g/mol. The van der Waals surface area contributed by atoms with Gasteiger partial charge in [-0.2, -0.15) is 8.78 Å². The summed E-state index contributed by atoms with van der Waals surface area (Å²) >= 11 is 0. The van der Waals surface area contributed by atoms with Crippen LogP contribution in [0.15, 0.2) is 0 Å². The van der Waals surface area contributed by atoms with Crippen LogP contribution in [0.4, 0.5) is 17.6 Å². The Hall–Kier alpha value is -0.840. The highest BCUT2D eigenvalue weighted by Gasteiger charge is 2.41. The van der Waals surface area contributed by atoms with Gasteiger partial charge < -0.3 is 4.74 Å². The summed E-state index contributed by atoms with van der Waals surface area (Å²) < 4.78 is 52.7. The molecule has 0 aliphatic heterocycles. The topological polar surface area (TPSA) is 47.3 Å². The normalized spacial score (nSPS) is 13.8. The predicted molar refractivity (Wildman–Crippen MR) is 50.9 cm³/mol. The van der Waals surface area contributed by atoms with Crippen molar-refractivity contribution >= 4 is 0 Å². The smallest absolute Gasteiger partial charge is 0.330 e. The van der Waals surface area contributed by atoms with E-state index in [1.54, 1.807) is 0 Å². The van der Waals surface area contributed by atoms with Gasteiger partial charge in [-0.1, -0.05) is 0 Å². The van der Waals surface area contributed by atoms with Gasteiger partial charge in [0.2, 0.25) is 0 Å². The molecule has 3 N–H and O–H groups in total. The molecule has 0 spiro atoms. The highest BCUT2D eigenvalue weighted by atomic mass is 19.3. The quantitative estimate of drug-likeness (QED) is 0.290. The molecule has 7 heteroatoms. The van der Waals surface area contributed by atoms with Crippen molar-refractivity contribution in [3.05, 3.63) is 0 Å². The Morgan fingerprint density at radius 2 is 2.06 bits per heavy atom. The molecule has 0 rings (SSSR count). The van der Waals surface area contributed by atoms with E-state index in [1.165, 1.54) is 0 Å². The fraction of sp³-hybridized carbons (Fsp3) is 0.778. The third-order valence-corrected chi connectivity index (χ3v) is 1.81. The van der Waals surface area contributed by atoms with E-state index in [4.69, 9.17) is 12.3 Å². The fourth-order valence-electron chi connectivity index (χ4n) is 0.873. The van der Waals surface area contributed by atoms with Crippen LogP contribution >= 0.6 is 0 Å². The Morgan fingerprint density at radius 3 is 2.50 bits per heavy atom. The first-order valence-electron chi connectivity index (χ1n) is 4.57. The standard InChI is InChI=1S/C9H14F4N2O/c1-2-3-4-7(15-14)5-16-6-9(12,13)8(10)11/h1,7-8,15H,3-6,14H2. The molecular formula is C9H14F4N2O. The van der Waals surface area contributed by atoms with Crippen molar-refractivity contribution in [2.75, 3.05) is 13.2 Å². The van der Waals surface area contributed by atoms with Crippen LogP contribution in [-0.2, 0) is 4.74 Å². The van der Waals surface area contributed by atoms with Crippen molar-refractivity contribution in [3.63, 3.8) is 0 Å². The molecular weight excluding hydrogens is 228 g/mol. The number of ether oxygens (including phenoxy) is 1. The highest BCUT2D eigenvalue weighted by molar-refractivity contribution is 4.85. The molecule has 0 heterocycles. The predicted octanol–water partition coefficient (Wildman–Crippen LogP) is 1.15. The molecule has 0 saturated carbocycles.